The van der Waals surface area contributed by atoms with Crippen molar-refractivity contribution in [3.05, 3.63) is 29.3 Å². The van der Waals surface area contributed by atoms with E-state index in [4.69, 9.17) is 11.6 Å². The second kappa shape index (κ2) is 3.24. The maximum Gasteiger partial charge on any atom is 0.230 e. The Morgan fingerprint density at radius 3 is 2.80 bits per heavy atom. The van der Waals surface area contributed by atoms with E-state index in [9.17, 15) is 4.79 Å². The van der Waals surface area contributed by atoms with Crippen LogP contribution in [-0.4, -0.2) is 12.5 Å². The van der Waals surface area contributed by atoms with Crippen LogP contribution in [0.3, 0.4) is 0 Å². The van der Waals surface area contributed by atoms with Crippen molar-refractivity contribution in [2.75, 3.05) is 11.4 Å². The predicted molar refractivity (Wildman–Crippen MR) is 60.0 cm³/mol. The molecule has 0 radical (unpaired) electrons. The molecule has 78 valence electrons. The van der Waals surface area contributed by atoms with E-state index in [0.29, 0.717) is 10.9 Å². The van der Waals surface area contributed by atoms with Crippen LogP contribution in [0.15, 0.2) is 24.3 Å². The number of hydrogen-bond donors (Lipinski definition) is 0. The van der Waals surface area contributed by atoms with Gasteiger partial charge in [0, 0.05) is 23.2 Å². The zero-order valence-corrected chi connectivity index (χ0v) is 9.07. The lowest BCUT2D eigenvalue weighted by atomic mass is 9.70. The van der Waals surface area contributed by atoms with Crippen molar-refractivity contribution in [2.24, 2.45) is 11.8 Å². The largest absolute Gasteiger partial charge is 0.312 e. The first-order valence-corrected chi connectivity index (χ1v) is 5.69. The maximum absolute atomic E-state index is 12.0. The first-order valence-electron chi connectivity index (χ1n) is 5.31. The van der Waals surface area contributed by atoms with Crippen LogP contribution in [0.4, 0.5) is 5.69 Å². The van der Waals surface area contributed by atoms with Crippen molar-refractivity contribution in [3.63, 3.8) is 0 Å². The Morgan fingerprint density at radius 2 is 2.13 bits per heavy atom. The number of fused-ring (bicyclic) bond motifs is 2. The van der Waals surface area contributed by atoms with Crippen molar-refractivity contribution in [1.82, 2.24) is 0 Å². The molecule has 1 saturated carbocycles. The minimum atomic E-state index is 0.278. The fourth-order valence-corrected chi connectivity index (χ4v) is 2.72. The third kappa shape index (κ3) is 1.44. The zero-order valence-electron chi connectivity index (χ0n) is 8.32. The van der Waals surface area contributed by atoms with Crippen LogP contribution in [0.25, 0.3) is 0 Å². The number of benzene rings is 1. The number of carbonyl (C=O) groups excluding carboxylic acids is 1. The van der Waals surface area contributed by atoms with Gasteiger partial charge in [0.05, 0.1) is 0 Å². The van der Waals surface area contributed by atoms with Gasteiger partial charge < -0.3 is 4.90 Å². The smallest absolute Gasteiger partial charge is 0.230 e. The summed E-state index contributed by atoms with van der Waals surface area (Å²) in [6.45, 7) is 0.871. The first kappa shape index (κ1) is 9.22. The van der Waals surface area contributed by atoms with E-state index >= 15 is 0 Å². The highest BCUT2D eigenvalue weighted by Crippen LogP contribution is 2.42. The highest BCUT2D eigenvalue weighted by atomic mass is 35.5. The molecule has 2 aliphatic heterocycles. The van der Waals surface area contributed by atoms with E-state index in [1.54, 1.807) is 0 Å². The molecule has 1 aliphatic carbocycles. The number of rotatable bonds is 1. The number of amides is 1. The fourth-order valence-electron chi connectivity index (χ4n) is 2.53. The van der Waals surface area contributed by atoms with Crippen LogP contribution in [0.1, 0.15) is 12.8 Å². The molecule has 3 heteroatoms. The van der Waals surface area contributed by atoms with E-state index in [2.05, 4.69) is 0 Å². The Morgan fingerprint density at radius 1 is 1.33 bits per heavy atom. The molecule has 1 aromatic rings. The van der Waals surface area contributed by atoms with Gasteiger partial charge in [0.1, 0.15) is 0 Å². The summed E-state index contributed by atoms with van der Waals surface area (Å²) in [5.74, 6) is 1.27. The molecule has 3 aliphatic rings. The van der Waals surface area contributed by atoms with Crippen molar-refractivity contribution in [1.29, 1.82) is 0 Å². The minimum absolute atomic E-state index is 0.278. The van der Waals surface area contributed by atoms with Crippen molar-refractivity contribution >= 4 is 23.2 Å². The van der Waals surface area contributed by atoms with Crippen LogP contribution >= 0.6 is 11.6 Å². The highest BCUT2D eigenvalue weighted by molar-refractivity contribution is 6.30. The Kier molecular flexibility index (Phi) is 1.99. The third-order valence-electron chi connectivity index (χ3n) is 3.41. The Hall–Kier alpha value is -1.02. The number of piperidine rings is 2. The molecule has 2 bridgehead atoms. The van der Waals surface area contributed by atoms with Gasteiger partial charge in [0.25, 0.3) is 0 Å². The second-order valence-electron chi connectivity index (χ2n) is 4.46. The summed E-state index contributed by atoms with van der Waals surface area (Å²) in [6, 6.07) is 7.55. The molecule has 0 N–H and O–H groups in total. The molecule has 2 nitrogen and oxygen atoms in total. The molecule has 2 heterocycles. The first-order chi connectivity index (χ1) is 7.24. The quantitative estimate of drug-likeness (QED) is 0.714. The Labute approximate surface area is 93.8 Å². The van der Waals surface area contributed by atoms with E-state index in [-0.39, 0.29) is 11.8 Å². The average Bonchev–Trinajstić information content (AvgIpc) is 2.16. The highest BCUT2D eigenvalue weighted by Gasteiger charge is 2.43. The summed E-state index contributed by atoms with van der Waals surface area (Å²) in [4.78, 5) is 13.8. The minimum Gasteiger partial charge on any atom is -0.312 e. The molecular formula is C12H12ClNO. The average molecular weight is 222 g/mol. The van der Waals surface area contributed by atoms with Gasteiger partial charge in [-0.05, 0) is 37.0 Å². The van der Waals surface area contributed by atoms with E-state index in [1.807, 2.05) is 29.2 Å². The molecule has 15 heavy (non-hydrogen) atoms. The molecule has 2 saturated heterocycles. The van der Waals surface area contributed by atoms with Crippen molar-refractivity contribution < 1.29 is 4.79 Å². The van der Waals surface area contributed by atoms with Gasteiger partial charge in [0.2, 0.25) is 5.91 Å². The number of nitrogens with zero attached hydrogens (tertiary/aromatic N) is 1. The Balaban J connectivity index is 1.91. The summed E-state index contributed by atoms with van der Waals surface area (Å²) in [6.07, 6.45) is 2.19. The SMILES string of the molecule is O=C1C2CC(C2)CN1c1cccc(Cl)c1. The summed E-state index contributed by atoms with van der Waals surface area (Å²) in [5.41, 5.74) is 0.946. The van der Waals surface area contributed by atoms with Gasteiger partial charge in [-0.15, -0.1) is 0 Å². The number of carbonyl (C=O) groups is 1. The topological polar surface area (TPSA) is 20.3 Å². The van der Waals surface area contributed by atoms with E-state index < -0.39 is 0 Å². The Bertz CT molecular complexity index is 412. The normalized spacial score (nSPS) is 28.9. The molecule has 0 spiro atoms. The molecule has 3 fully saturated rings. The van der Waals surface area contributed by atoms with Crippen LogP contribution in [0.2, 0.25) is 5.02 Å². The lowest BCUT2D eigenvalue weighted by Crippen LogP contribution is -2.53. The fraction of sp³-hybridized carbons (Fsp3) is 0.417. The molecule has 0 atom stereocenters. The van der Waals surface area contributed by atoms with E-state index in [0.717, 1.165) is 25.1 Å². The van der Waals surface area contributed by atoms with Crippen LogP contribution in [0, 0.1) is 11.8 Å². The second-order valence-corrected chi connectivity index (χ2v) is 4.90. The maximum atomic E-state index is 12.0. The molecular weight excluding hydrogens is 210 g/mol. The van der Waals surface area contributed by atoms with E-state index in [1.165, 1.54) is 0 Å². The van der Waals surface area contributed by atoms with Crippen molar-refractivity contribution in [2.45, 2.75) is 12.8 Å². The molecule has 0 aromatic heterocycles. The summed E-state index contributed by atoms with van der Waals surface area (Å²) in [5, 5.41) is 0.694. The van der Waals surface area contributed by atoms with Crippen molar-refractivity contribution in [3.8, 4) is 0 Å². The van der Waals surface area contributed by atoms with Gasteiger partial charge in [-0.3, -0.25) is 4.79 Å². The number of halogens is 1. The lowest BCUT2D eigenvalue weighted by Gasteiger charge is -2.46. The summed E-state index contributed by atoms with van der Waals surface area (Å²) < 4.78 is 0. The predicted octanol–water partition coefficient (Wildman–Crippen LogP) is 2.71. The summed E-state index contributed by atoms with van der Waals surface area (Å²) in [7, 11) is 0. The molecule has 0 unspecified atom stereocenters. The van der Waals surface area contributed by atoms with Gasteiger partial charge in [-0.1, -0.05) is 17.7 Å². The van der Waals surface area contributed by atoms with Crippen LogP contribution < -0.4 is 4.90 Å². The standard InChI is InChI=1S/C12H12ClNO/c13-10-2-1-3-11(6-10)14-7-8-4-9(5-8)12(14)15/h1-3,6,8-9H,4-5,7H2. The van der Waals surface area contributed by atoms with Crippen LogP contribution in [-0.2, 0) is 4.79 Å². The summed E-state index contributed by atoms with van der Waals surface area (Å²) >= 11 is 5.92. The van der Waals surface area contributed by atoms with Crippen LogP contribution in [0.5, 0.6) is 0 Å². The third-order valence-corrected chi connectivity index (χ3v) is 3.65. The zero-order chi connectivity index (χ0) is 10.4. The number of hydrogen-bond acceptors (Lipinski definition) is 1. The molecule has 1 amide bonds. The van der Waals surface area contributed by atoms with Gasteiger partial charge in [-0.2, -0.15) is 0 Å². The van der Waals surface area contributed by atoms with Gasteiger partial charge in [0.15, 0.2) is 0 Å². The molecule has 4 rings (SSSR count). The van der Waals surface area contributed by atoms with Gasteiger partial charge >= 0.3 is 0 Å². The van der Waals surface area contributed by atoms with Gasteiger partial charge in [-0.25, -0.2) is 0 Å². The monoisotopic (exact) mass is 221 g/mol. The molecule has 1 aromatic carbocycles. The number of anilines is 1. The lowest BCUT2D eigenvalue weighted by molar-refractivity contribution is -0.129.